The first kappa shape index (κ1) is 19.0. The lowest BCUT2D eigenvalue weighted by Crippen LogP contribution is -2.50. The molecule has 0 spiro atoms. The van der Waals surface area contributed by atoms with Crippen molar-refractivity contribution in [3.05, 3.63) is 18.5 Å². The van der Waals surface area contributed by atoms with Crippen LogP contribution in [0.3, 0.4) is 0 Å². The molecular formula is C19H31N5O2. The van der Waals surface area contributed by atoms with Crippen molar-refractivity contribution in [3.8, 4) is 0 Å². The molecule has 0 atom stereocenters. The monoisotopic (exact) mass is 361 g/mol. The maximum absolute atomic E-state index is 13.1. The van der Waals surface area contributed by atoms with Gasteiger partial charge in [-0.15, -0.1) is 0 Å². The lowest BCUT2D eigenvalue weighted by Gasteiger charge is -2.40. The summed E-state index contributed by atoms with van der Waals surface area (Å²) in [5, 5.41) is 12.8. The Morgan fingerprint density at radius 3 is 2.46 bits per heavy atom. The van der Waals surface area contributed by atoms with Crippen molar-refractivity contribution >= 4 is 11.9 Å². The number of nitrogens with zero attached hydrogens (tertiary/aromatic N) is 4. The van der Waals surface area contributed by atoms with Crippen molar-refractivity contribution in [2.24, 2.45) is 5.92 Å². The van der Waals surface area contributed by atoms with Gasteiger partial charge in [0.1, 0.15) is 0 Å². The molecule has 1 amide bonds. The van der Waals surface area contributed by atoms with Gasteiger partial charge in [-0.3, -0.25) is 4.79 Å². The molecule has 7 heteroatoms. The van der Waals surface area contributed by atoms with Gasteiger partial charge in [0, 0.05) is 36.9 Å². The lowest BCUT2D eigenvalue weighted by molar-refractivity contribution is -0.140. The molecular weight excluding hydrogens is 330 g/mol. The molecule has 2 aliphatic rings. The van der Waals surface area contributed by atoms with Gasteiger partial charge in [-0.05, 0) is 64.7 Å². The average molecular weight is 361 g/mol. The highest BCUT2D eigenvalue weighted by atomic mass is 16.3. The second-order valence-electron chi connectivity index (χ2n) is 7.55. The van der Waals surface area contributed by atoms with Crippen LogP contribution in [0.25, 0.3) is 0 Å². The molecule has 1 aliphatic heterocycles. The van der Waals surface area contributed by atoms with Crippen LogP contribution in [0, 0.1) is 5.92 Å². The van der Waals surface area contributed by atoms with E-state index in [9.17, 15) is 9.90 Å². The Balaban J connectivity index is 1.52. The average Bonchev–Trinajstić information content (AvgIpc) is 2.68. The zero-order chi connectivity index (χ0) is 18.4. The summed E-state index contributed by atoms with van der Waals surface area (Å²) < 4.78 is 0. The van der Waals surface area contributed by atoms with Crippen molar-refractivity contribution in [2.45, 2.75) is 50.6 Å². The van der Waals surface area contributed by atoms with Crippen molar-refractivity contribution < 1.29 is 9.90 Å². The third kappa shape index (κ3) is 4.92. The van der Waals surface area contributed by atoms with Crippen molar-refractivity contribution in [1.29, 1.82) is 0 Å². The van der Waals surface area contributed by atoms with Crippen LogP contribution in [0.15, 0.2) is 18.5 Å². The Morgan fingerprint density at radius 1 is 1.19 bits per heavy atom. The van der Waals surface area contributed by atoms with Gasteiger partial charge >= 0.3 is 0 Å². The maximum Gasteiger partial charge on any atom is 0.226 e. The van der Waals surface area contributed by atoms with E-state index in [1.165, 1.54) is 0 Å². The van der Waals surface area contributed by atoms with Crippen molar-refractivity contribution in [3.63, 3.8) is 0 Å². The Morgan fingerprint density at radius 2 is 1.85 bits per heavy atom. The predicted octanol–water partition coefficient (Wildman–Crippen LogP) is 1.36. The summed E-state index contributed by atoms with van der Waals surface area (Å²) in [6, 6.07) is 2.41. The molecule has 1 aromatic rings. The Bertz CT molecular complexity index is 554. The third-order valence-electron chi connectivity index (χ3n) is 5.73. The Labute approximate surface area is 155 Å². The van der Waals surface area contributed by atoms with E-state index in [4.69, 9.17) is 0 Å². The zero-order valence-corrected chi connectivity index (χ0v) is 15.7. The smallest absolute Gasteiger partial charge is 0.226 e. The van der Waals surface area contributed by atoms with Crippen LogP contribution in [-0.4, -0.2) is 76.2 Å². The van der Waals surface area contributed by atoms with E-state index < -0.39 is 0 Å². The highest BCUT2D eigenvalue weighted by molar-refractivity contribution is 5.79. The van der Waals surface area contributed by atoms with Gasteiger partial charge < -0.3 is 20.2 Å². The Hall–Kier alpha value is -1.73. The summed E-state index contributed by atoms with van der Waals surface area (Å²) >= 11 is 0. The second-order valence-corrected chi connectivity index (χ2v) is 7.55. The molecule has 1 aliphatic carbocycles. The van der Waals surface area contributed by atoms with E-state index in [0.29, 0.717) is 18.5 Å². The minimum absolute atomic E-state index is 0.0420. The fraction of sp³-hybridized carbons (Fsp3) is 0.737. The van der Waals surface area contributed by atoms with E-state index >= 15 is 0 Å². The van der Waals surface area contributed by atoms with E-state index in [0.717, 1.165) is 51.6 Å². The van der Waals surface area contributed by atoms with Gasteiger partial charge in [0.2, 0.25) is 11.9 Å². The summed E-state index contributed by atoms with van der Waals surface area (Å²) in [5.74, 6) is 0.981. The maximum atomic E-state index is 13.1. The number of hydrogen-bond donors (Lipinski definition) is 2. The molecule has 0 unspecified atom stereocenters. The minimum Gasteiger partial charge on any atom is -0.395 e. The number of aliphatic hydroxyl groups excluding tert-OH is 1. The van der Waals surface area contributed by atoms with E-state index in [-0.39, 0.29) is 24.5 Å². The fourth-order valence-corrected chi connectivity index (χ4v) is 4.16. The second kappa shape index (κ2) is 9.28. The summed E-state index contributed by atoms with van der Waals surface area (Å²) in [6.07, 6.45) is 9.16. The lowest BCUT2D eigenvalue weighted by atomic mass is 9.84. The molecule has 2 fully saturated rings. The van der Waals surface area contributed by atoms with Crippen LogP contribution in [0.4, 0.5) is 5.95 Å². The van der Waals surface area contributed by atoms with Crippen molar-refractivity contribution in [1.82, 2.24) is 19.8 Å². The highest BCUT2D eigenvalue weighted by Gasteiger charge is 2.33. The molecule has 0 radical (unpaired) electrons. The Kier molecular flexibility index (Phi) is 6.80. The van der Waals surface area contributed by atoms with Crippen LogP contribution in [0.2, 0.25) is 0 Å². The van der Waals surface area contributed by atoms with Gasteiger partial charge in [-0.25, -0.2) is 9.97 Å². The number of amides is 1. The molecule has 144 valence electrons. The van der Waals surface area contributed by atoms with Gasteiger partial charge in [-0.1, -0.05) is 0 Å². The summed E-state index contributed by atoms with van der Waals surface area (Å²) in [5.41, 5.74) is 0. The molecule has 3 rings (SSSR count). The quantitative estimate of drug-likeness (QED) is 0.796. The van der Waals surface area contributed by atoms with Gasteiger partial charge in [-0.2, -0.15) is 0 Å². The summed E-state index contributed by atoms with van der Waals surface area (Å²) in [6.45, 7) is 2.55. The molecule has 0 bridgehead atoms. The summed E-state index contributed by atoms with van der Waals surface area (Å²) in [4.78, 5) is 25.8. The normalized spacial score (nSPS) is 25.0. The molecule has 7 nitrogen and oxygen atoms in total. The van der Waals surface area contributed by atoms with E-state index in [1.54, 1.807) is 18.5 Å². The van der Waals surface area contributed by atoms with E-state index in [1.807, 2.05) is 4.90 Å². The molecule has 1 saturated heterocycles. The number of aromatic nitrogens is 2. The fourth-order valence-electron chi connectivity index (χ4n) is 4.16. The number of anilines is 1. The molecule has 1 saturated carbocycles. The van der Waals surface area contributed by atoms with Crippen molar-refractivity contribution in [2.75, 3.05) is 38.6 Å². The SMILES string of the molecule is CN1CCC(N(CCO)C(=O)C2CCC(Nc3ncccn3)CC2)CC1. The molecule has 1 aromatic heterocycles. The van der Waals surface area contributed by atoms with Crippen LogP contribution in [0.5, 0.6) is 0 Å². The number of carbonyl (C=O) groups excluding carboxylic acids is 1. The molecule has 2 N–H and O–H groups in total. The number of piperidine rings is 1. The number of nitrogens with one attached hydrogen (secondary N) is 1. The standard InChI is InChI=1S/C19H31N5O2/c1-23-11-7-17(8-12-23)24(13-14-25)18(26)15-3-5-16(6-4-15)22-19-20-9-2-10-21-19/h2,9-10,15-17,25H,3-8,11-14H2,1H3,(H,20,21,22). The van der Waals surface area contributed by atoms with E-state index in [2.05, 4.69) is 27.2 Å². The first-order chi connectivity index (χ1) is 12.7. The molecule has 0 aromatic carbocycles. The van der Waals surface area contributed by atoms with Crippen LogP contribution in [0.1, 0.15) is 38.5 Å². The van der Waals surface area contributed by atoms with Crippen LogP contribution >= 0.6 is 0 Å². The molecule has 26 heavy (non-hydrogen) atoms. The number of hydrogen-bond acceptors (Lipinski definition) is 6. The van der Waals surface area contributed by atoms with Crippen LogP contribution in [-0.2, 0) is 4.79 Å². The summed E-state index contributed by atoms with van der Waals surface area (Å²) in [7, 11) is 2.12. The van der Waals surface area contributed by atoms with Gasteiger partial charge in [0.05, 0.1) is 6.61 Å². The van der Waals surface area contributed by atoms with Crippen LogP contribution < -0.4 is 5.32 Å². The molecule has 2 heterocycles. The number of carbonyl (C=O) groups is 1. The number of likely N-dealkylation sites (tertiary alicyclic amines) is 1. The highest BCUT2D eigenvalue weighted by Crippen LogP contribution is 2.29. The number of aliphatic hydroxyl groups is 1. The van der Waals surface area contributed by atoms with Gasteiger partial charge in [0.15, 0.2) is 0 Å². The number of rotatable bonds is 6. The topological polar surface area (TPSA) is 81.6 Å². The zero-order valence-electron chi connectivity index (χ0n) is 15.7. The van der Waals surface area contributed by atoms with Gasteiger partial charge in [0.25, 0.3) is 0 Å². The third-order valence-corrected chi connectivity index (χ3v) is 5.73. The predicted molar refractivity (Wildman–Crippen MR) is 101 cm³/mol. The largest absolute Gasteiger partial charge is 0.395 e. The minimum atomic E-state index is 0.0420. The first-order valence-electron chi connectivity index (χ1n) is 9.81. The first-order valence-corrected chi connectivity index (χ1v) is 9.81.